The Kier molecular flexibility index (Phi) is 5.04. The van der Waals surface area contributed by atoms with Crippen molar-refractivity contribution in [3.05, 3.63) is 24.3 Å². The summed E-state index contributed by atoms with van der Waals surface area (Å²) in [6, 6.07) is 0. The van der Waals surface area contributed by atoms with Crippen molar-refractivity contribution in [3.63, 3.8) is 0 Å². The van der Waals surface area contributed by atoms with Gasteiger partial charge in [0.1, 0.15) is 0 Å². The molecule has 2 unspecified atom stereocenters. The zero-order valence-electron chi connectivity index (χ0n) is 6.58. The molecule has 0 fully saturated rings. The summed E-state index contributed by atoms with van der Waals surface area (Å²) in [6.07, 6.45) is 10.3. The van der Waals surface area contributed by atoms with Crippen molar-refractivity contribution in [2.24, 2.45) is 11.8 Å². The fourth-order valence-corrected chi connectivity index (χ4v) is 1.02. The maximum atomic E-state index is 2.30. The number of allylic oxidation sites excluding steroid dienone is 4. The molecule has 0 saturated carbocycles. The summed E-state index contributed by atoms with van der Waals surface area (Å²) < 4.78 is 0. The Morgan fingerprint density at radius 2 is 1.80 bits per heavy atom. The Bertz CT molecular complexity index is 136. The van der Waals surface area contributed by atoms with Crippen LogP contribution in [-0.2, 0) is 0 Å². The molecule has 58 valence electrons. The molecule has 0 saturated heterocycles. The number of hydrogen-bond acceptors (Lipinski definition) is 0. The van der Waals surface area contributed by atoms with E-state index in [4.69, 9.17) is 0 Å². The summed E-state index contributed by atoms with van der Waals surface area (Å²) in [5, 5.41) is 0. The first kappa shape index (κ1) is 10.2. The van der Waals surface area contributed by atoms with E-state index in [1.54, 1.807) is 0 Å². The molecule has 0 radical (unpaired) electrons. The van der Waals surface area contributed by atoms with Crippen LogP contribution in [0.1, 0.15) is 20.3 Å². The van der Waals surface area contributed by atoms with Gasteiger partial charge in [-0.25, -0.2) is 0 Å². The lowest BCUT2D eigenvalue weighted by molar-refractivity contribution is 0.747. The quantitative estimate of drug-likeness (QED) is 0.456. The van der Waals surface area contributed by atoms with Crippen molar-refractivity contribution in [3.8, 4) is 0 Å². The second-order valence-electron chi connectivity index (χ2n) is 2.89. The molecule has 0 heterocycles. The monoisotopic (exact) mass is 250 g/mol. The van der Waals surface area contributed by atoms with Gasteiger partial charge in [-0.15, -0.1) is 24.0 Å². The Balaban J connectivity index is 0.000000810. The van der Waals surface area contributed by atoms with Crippen LogP contribution < -0.4 is 0 Å². The first-order valence-corrected chi connectivity index (χ1v) is 3.64. The number of rotatable bonds is 0. The summed E-state index contributed by atoms with van der Waals surface area (Å²) in [5.41, 5.74) is 0. The topological polar surface area (TPSA) is 0 Å². The third kappa shape index (κ3) is 3.40. The Hall–Kier alpha value is 0.210. The number of hydrogen-bond donors (Lipinski definition) is 0. The molecule has 0 aromatic heterocycles. The molecule has 0 amide bonds. The predicted octanol–water partition coefficient (Wildman–Crippen LogP) is 3.39. The highest BCUT2D eigenvalue weighted by Gasteiger charge is 1.98. The van der Waals surface area contributed by atoms with Crippen LogP contribution in [0.25, 0.3) is 0 Å². The van der Waals surface area contributed by atoms with Gasteiger partial charge in [-0.3, -0.25) is 0 Å². The van der Waals surface area contributed by atoms with Crippen molar-refractivity contribution in [2.75, 3.05) is 0 Å². The summed E-state index contributed by atoms with van der Waals surface area (Å²) in [6.45, 7) is 4.46. The lowest BCUT2D eigenvalue weighted by atomic mass is 10.1. The van der Waals surface area contributed by atoms with Gasteiger partial charge in [-0.05, 0) is 18.3 Å². The fraction of sp³-hybridized carbons (Fsp3) is 0.556. The van der Waals surface area contributed by atoms with Crippen LogP contribution in [0.15, 0.2) is 24.3 Å². The molecular formula is C9H15I. The minimum absolute atomic E-state index is 0. The van der Waals surface area contributed by atoms with Crippen LogP contribution >= 0.6 is 24.0 Å². The van der Waals surface area contributed by atoms with Gasteiger partial charge in [-0.2, -0.15) is 0 Å². The van der Waals surface area contributed by atoms with Gasteiger partial charge < -0.3 is 0 Å². The average Bonchev–Trinajstić information content (AvgIpc) is 1.97. The van der Waals surface area contributed by atoms with Gasteiger partial charge in [0.15, 0.2) is 0 Å². The highest BCUT2D eigenvalue weighted by atomic mass is 127. The molecule has 0 nitrogen and oxygen atoms in total. The molecule has 0 aromatic carbocycles. The Morgan fingerprint density at radius 1 is 1.10 bits per heavy atom. The molecule has 0 bridgehead atoms. The van der Waals surface area contributed by atoms with Gasteiger partial charge in [0.05, 0.1) is 0 Å². The van der Waals surface area contributed by atoms with Gasteiger partial charge in [-0.1, -0.05) is 38.2 Å². The Morgan fingerprint density at radius 3 is 2.50 bits per heavy atom. The normalized spacial score (nSPS) is 31.0. The summed E-state index contributed by atoms with van der Waals surface area (Å²) in [4.78, 5) is 0. The van der Waals surface area contributed by atoms with E-state index in [1.165, 1.54) is 6.42 Å². The van der Waals surface area contributed by atoms with E-state index < -0.39 is 0 Å². The SMILES string of the molecule is CC1C=CCC(C)C=C1.I. The molecule has 0 N–H and O–H groups in total. The van der Waals surface area contributed by atoms with Crippen molar-refractivity contribution < 1.29 is 0 Å². The molecule has 0 spiro atoms. The molecule has 1 rings (SSSR count). The van der Waals surface area contributed by atoms with Crippen LogP contribution in [0.3, 0.4) is 0 Å². The second-order valence-corrected chi connectivity index (χ2v) is 2.89. The van der Waals surface area contributed by atoms with E-state index in [0.29, 0.717) is 5.92 Å². The van der Waals surface area contributed by atoms with Gasteiger partial charge >= 0.3 is 0 Å². The highest BCUT2D eigenvalue weighted by molar-refractivity contribution is 14.0. The molecule has 1 heteroatoms. The zero-order chi connectivity index (χ0) is 6.69. The van der Waals surface area contributed by atoms with Crippen molar-refractivity contribution >= 4 is 24.0 Å². The standard InChI is InChI=1S/C9H14.HI/c1-8-4-3-5-9(2)7-6-8;/h3-4,6-9H,5H2,1-2H3;1H. The molecule has 2 atom stereocenters. The van der Waals surface area contributed by atoms with E-state index in [-0.39, 0.29) is 24.0 Å². The van der Waals surface area contributed by atoms with E-state index in [9.17, 15) is 0 Å². The third-order valence-electron chi connectivity index (χ3n) is 1.69. The maximum absolute atomic E-state index is 2.30. The predicted molar refractivity (Wildman–Crippen MR) is 56.6 cm³/mol. The van der Waals surface area contributed by atoms with Gasteiger partial charge in [0.25, 0.3) is 0 Å². The maximum Gasteiger partial charge on any atom is -0.00818 e. The molecule has 0 aromatic rings. The Labute approximate surface area is 80.4 Å². The smallest absolute Gasteiger partial charge is 0.00818 e. The first-order valence-electron chi connectivity index (χ1n) is 3.64. The van der Waals surface area contributed by atoms with Crippen LogP contribution in [0.4, 0.5) is 0 Å². The summed E-state index contributed by atoms with van der Waals surface area (Å²) >= 11 is 0. The first-order chi connectivity index (χ1) is 4.29. The summed E-state index contributed by atoms with van der Waals surface area (Å²) in [5.74, 6) is 1.39. The largest absolute Gasteiger partial charge is 0.107 e. The lowest BCUT2D eigenvalue weighted by Crippen LogP contribution is -1.83. The third-order valence-corrected chi connectivity index (χ3v) is 1.69. The lowest BCUT2D eigenvalue weighted by Gasteiger charge is -1.96. The highest BCUT2D eigenvalue weighted by Crippen LogP contribution is 2.13. The van der Waals surface area contributed by atoms with Crippen molar-refractivity contribution in [1.29, 1.82) is 0 Å². The van der Waals surface area contributed by atoms with E-state index in [0.717, 1.165) is 5.92 Å². The van der Waals surface area contributed by atoms with E-state index in [1.807, 2.05) is 0 Å². The minimum atomic E-state index is 0. The van der Waals surface area contributed by atoms with Crippen molar-refractivity contribution in [1.82, 2.24) is 0 Å². The minimum Gasteiger partial charge on any atom is -0.107 e. The van der Waals surface area contributed by atoms with Crippen LogP contribution in [-0.4, -0.2) is 0 Å². The van der Waals surface area contributed by atoms with Gasteiger partial charge in [0, 0.05) is 0 Å². The average molecular weight is 250 g/mol. The second kappa shape index (κ2) is 4.94. The zero-order valence-corrected chi connectivity index (χ0v) is 8.91. The van der Waals surface area contributed by atoms with Gasteiger partial charge in [0.2, 0.25) is 0 Å². The molecular weight excluding hydrogens is 235 g/mol. The van der Waals surface area contributed by atoms with Crippen molar-refractivity contribution in [2.45, 2.75) is 20.3 Å². The molecule has 1 aliphatic rings. The van der Waals surface area contributed by atoms with Crippen LogP contribution in [0.5, 0.6) is 0 Å². The fourth-order valence-electron chi connectivity index (χ4n) is 1.02. The van der Waals surface area contributed by atoms with E-state index in [2.05, 4.69) is 38.2 Å². The summed E-state index contributed by atoms with van der Waals surface area (Å²) in [7, 11) is 0. The molecule has 1 aliphatic carbocycles. The number of halogens is 1. The van der Waals surface area contributed by atoms with Crippen LogP contribution in [0, 0.1) is 11.8 Å². The molecule has 10 heavy (non-hydrogen) atoms. The van der Waals surface area contributed by atoms with E-state index >= 15 is 0 Å². The molecule has 0 aliphatic heterocycles. The van der Waals surface area contributed by atoms with Crippen LogP contribution in [0.2, 0.25) is 0 Å².